The number of fused-ring (bicyclic) bond motifs is 4. The first-order chi connectivity index (χ1) is 25.3. The molecule has 2 bridgehead atoms. The number of allylic oxidation sites excluding steroid dienone is 1. The van der Waals surface area contributed by atoms with E-state index in [1.54, 1.807) is 39.2 Å². The molecule has 1 amide bonds. The Morgan fingerprint density at radius 3 is 2.70 bits per heavy atom. The fraction of sp³-hybridized carbons (Fsp3) is 0.525. The van der Waals surface area contributed by atoms with Crippen LogP contribution < -0.4 is 14.4 Å². The minimum Gasteiger partial charge on any atom is -0.490 e. The van der Waals surface area contributed by atoms with E-state index < -0.39 is 32.8 Å². The summed E-state index contributed by atoms with van der Waals surface area (Å²) in [5, 5.41) is -0.158. The summed E-state index contributed by atoms with van der Waals surface area (Å²) in [4.78, 5) is 32.9. The van der Waals surface area contributed by atoms with Gasteiger partial charge in [-0.05, 0) is 112 Å². The zero-order chi connectivity index (χ0) is 37.7. The van der Waals surface area contributed by atoms with E-state index in [2.05, 4.69) is 26.7 Å². The van der Waals surface area contributed by atoms with Crippen molar-refractivity contribution in [1.82, 2.24) is 9.71 Å². The number of aromatic nitrogens is 1. The van der Waals surface area contributed by atoms with E-state index in [1.165, 1.54) is 18.2 Å². The van der Waals surface area contributed by atoms with Crippen LogP contribution >= 0.6 is 11.6 Å². The van der Waals surface area contributed by atoms with Crippen LogP contribution in [0.5, 0.6) is 5.75 Å². The minimum atomic E-state index is -4.03. The summed E-state index contributed by atoms with van der Waals surface area (Å²) in [5.41, 5.74) is 2.35. The van der Waals surface area contributed by atoms with Gasteiger partial charge in [0.15, 0.2) is 11.6 Å². The molecule has 13 heteroatoms. The number of amides is 1. The monoisotopic (exact) mass is 765 g/mol. The summed E-state index contributed by atoms with van der Waals surface area (Å²) < 4.78 is 53.6. The quantitative estimate of drug-likeness (QED) is 0.229. The summed E-state index contributed by atoms with van der Waals surface area (Å²) in [6, 6.07) is 11.3. The number of carbonyl (C=O) groups excluding carboxylic acids is 2. The number of oxazole rings is 1. The molecule has 1 saturated carbocycles. The van der Waals surface area contributed by atoms with Crippen LogP contribution in [0.4, 0.5) is 5.69 Å². The van der Waals surface area contributed by atoms with Gasteiger partial charge in [0, 0.05) is 36.2 Å². The largest absolute Gasteiger partial charge is 0.490 e. The number of anilines is 1. The van der Waals surface area contributed by atoms with Crippen molar-refractivity contribution < 1.29 is 36.6 Å². The number of hydrogen-bond acceptors (Lipinski definition) is 10. The SMILES string of the molecule is COC(=O)c1nc(C[C@]2(OC)/C=C\C[C@H](C)[C@@H](C)S(=O)(=O)NC(=O)c3ccc4c(c3)N(C[C@@H]3CC[C@H]32)C[C@@]2(CCCc3cc(Cl)ccc32)CO4)oc1C. The lowest BCUT2D eigenvalue weighted by molar-refractivity contribution is -0.0777. The summed E-state index contributed by atoms with van der Waals surface area (Å²) in [6.45, 7) is 6.88. The standard InChI is InChI=1S/C40H48ClN3O8S/c1-24-8-6-17-40(50-5,20-35-42-36(25(2)52-35)38(46)49-4)32-13-10-29(32)21-44-22-39(16-7-9-27-18-30(41)12-14-31(27)39)23-51-34-15-11-28(19-33(34)44)37(45)43-53(47,48)26(24)3/h6,11-12,14-15,17-19,24,26,29,32H,7-10,13,16,20-23H2,1-5H3,(H,43,45)/b17-6-/t24-,26+,29-,32+,39-,40+/m0/s1. The molecule has 2 aliphatic carbocycles. The summed E-state index contributed by atoms with van der Waals surface area (Å²) in [5.74, 6) is -0.0161. The van der Waals surface area contributed by atoms with Gasteiger partial charge in [-0.3, -0.25) is 4.79 Å². The average Bonchev–Trinajstić information content (AvgIpc) is 3.41. The summed E-state index contributed by atoms with van der Waals surface area (Å²) in [7, 11) is -1.04. The topological polar surface area (TPSA) is 137 Å². The van der Waals surface area contributed by atoms with Gasteiger partial charge < -0.3 is 23.5 Å². The van der Waals surface area contributed by atoms with E-state index in [0.29, 0.717) is 48.5 Å². The molecule has 2 aromatic carbocycles. The molecule has 1 spiro atoms. The predicted octanol–water partition coefficient (Wildman–Crippen LogP) is 6.59. The number of hydrogen-bond donors (Lipinski definition) is 1. The smallest absolute Gasteiger partial charge is 0.360 e. The highest BCUT2D eigenvalue weighted by molar-refractivity contribution is 7.90. The predicted molar refractivity (Wildman–Crippen MR) is 201 cm³/mol. The van der Waals surface area contributed by atoms with Crippen LogP contribution in [0.25, 0.3) is 0 Å². The van der Waals surface area contributed by atoms with Gasteiger partial charge in [-0.15, -0.1) is 0 Å². The number of carbonyl (C=O) groups is 2. The lowest BCUT2D eigenvalue weighted by Crippen LogP contribution is -2.54. The van der Waals surface area contributed by atoms with Crippen LogP contribution in [-0.4, -0.2) is 70.0 Å². The van der Waals surface area contributed by atoms with Gasteiger partial charge in [0.2, 0.25) is 10.0 Å². The second-order valence-corrected chi connectivity index (χ2v) is 17.8. The van der Waals surface area contributed by atoms with Crippen molar-refractivity contribution in [2.75, 3.05) is 38.8 Å². The highest BCUT2D eigenvalue weighted by Gasteiger charge is 2.50. The maximum absolute atomic E-state index is 13.6. The van der Waals surface area contributed by atoms with Crippen molar-refractivity contribution in [3.8, 4) is 5.75 Å². The van der Waals surface area contributed by atoms with Crippen molar-refractivity contribution in [1.29, 1.82) is 0 Å². The Morgan fingerprint density at radius 2 is 1.96 bits per heavy atom. The molecule has 0 unspecified atom stereocenters. The van der Waals surface area contributed by atoms with Crippen LogP contribution in [0.3, 0.4) is 0 Å². The number of aryl methyl sites for hydroxylation is 2. The second-order valence-electron chi connectivity index (χ2n) is 15.4. The Bertz CT molecular complexity index is 2050. The normalized spacial score (nSPS) is 30.2. The molecule has 4 aliphatic rings. The van der Waals surface area contributed by atoms with Crippen LogP contribution in [0.2, 0.25) is 5.02 Å². The van der Waals surface area contributed by atoms with Gasteiger partial charge in [0.25, 0.3) is 5.91 Å². The fourth-order valence-corrected chi connectivity index (χ4v) is 10.4. The molecule has 6 atom stereocenters. The Labute approximate surface area is 316 Å². The molecule has 1 fully saturated rings. The maximum atomic E-state index is 13.6. The molecule has 3 heterocycles. The Kier molecular flexibility index (Phi) is 10.2. The van der Waals surface area contributed by atoms with Gasteiger partial charge in [0.1, 0.15) is 11.5 Å². The fourth-order valence-electron chi connectivity index (χ4n) is 8.88. The molecule has 3 aromatic rings. The summed E-state index contributed by atoms with van der Waals surface area (Å²) in [6.07, 6.45) is 9.34. The van der Waals surface area contributed by atoms with E-state index in [0.717, 1.165) is 37.8 Å². The van der Waals surface area contributed by atoms with Gasteiger partial charge in [-0.25, -0.2) is 22.9 Å². The zero-order valence-corrected chi connectivity index (χ0v) is 32.5. The molecule has 1 N–H and O–H groups in total. The summed E-state index contributed by atoms with van der Waals surface area (Å²) >= 11 is 6.47. The first-order valence-corrected chi connectivity index (χ1v) is 20.3. The van der Waals surface area contributed by atoms with Crippen LogP contribution in [0, 0.1) is 24.7 Å². The molecular weight excluding hydrogens is 718 g/mol. The van der Waals surface area contributed by atoms with Crippen LogP contribution in [-0.2, 0) is 37.8 Å². The van der Waals surface area contributed by atoms with Gasteiger partial charge in [0.05, 0.1) is 36.7 Å². The minimum absolute atomic E-state index is 0.0226. The molecule has 11 nitrogen and oxygen atoms in total. The van der Waals surface area contributed by atoms with Crippen molar-refractivity contribution in [3.05, 3.63) is 87.6 Å². The van der Waals surface area contributed by atoms with Crippen molar-refractivity contribution in [2.24, 2.45) is 17.8 Å². The maximum Gasteiger partial charge on any atom is 0.360 e. The first-order valence-electron chi connectivity index (χ1n) is 18.4. The molecule has 1 aromatic heterocycles. The van der Waals surface area contributed by atoms with Crippen LogP contribution in [0.15, 0.2) is 53.0 Å². The number of rotatable bonds is 4. The van der Waals surface area contributed by atoms with E-state index in [9.17, 15) is 18.0 Å². The van der Waals surface area contributed by atoms with Gasteiger partial charge in [-0.1, -0.05) is 36.7 Å². The molecule has 284 valence electrons. The third kappa shape index (κ3) is 6.98. The van der Waals surface area contributed by atoms with Gasteiger partial charge >= 0.3 is 5.97 Å². The Balaban J connectivity index is 1.33. The van der Waals surface area contributed by atoms with Gasteiger partial charge in [-0.2, -0.15) is 0 Å². The number of methoxy groups -OCH3 is 2. The number of ether oxygens (including phenoxy) is 3. The lowest BCUT2D eigenvalue weighted by atomic mass is 9.63. The lowest BCUT2D eigenvalue weighted by Gasteiger charge is -2.50. The number of halogens is 1. The average molecular weight is 766 g/mol. The molecule has 0 radical (unpaired) electrons. The molecule has 7 rings (SSSR count). The Hall–Kier alpha value is -3.87. The number of nitrogens with one attached hydrogen (secondary N) is 1. The zero-order valence-electron chi connectivity index (χ0n) is 30.9. The number of benzene rings is 2. The number of esters is 1. The van der Waals surface area contributed by atoms with Crippen molar-refractivity contribution in [2.45, 2.75) is 82.0 Å². The highest BCUT2D eigenvalue weighted by Crippen LogP contribution is 2.50. The molecule has 53 heavy (non-hydrogen) atoms. The molecule has 0 saturated heterocycles. The van der Waals surface area contributed by atoms with E-state index in [-0.39, 0.29) is 40.8 Å². The van der Waals surface area contributed by atoms with Crippen molar-refractivity contribution >= 4 is 39.2 Å². The highest BCUT2D eigenvalue weighted by atomic mass is 35.5. The molecule has 2 aliphatic heterocycles. The second kappa shape index (κ2) is 14.4. The number of nitrogens with zero attached hydrogens (tertiary/aromatic N) is 2. The third-order valence-electron chi connectivity index (χ3n) is 12.3. The van der Waals surface area contributed by atoms with Crippen LogP contribution in [0.1, 0.15) is 89.6 Å². The van der Waals surface area contributed by atoms with E-state index in [4.69, 9.17) is 30.2 Å². The number of sulfonamides is 1. The first kappa shape index (κ1) is 37.4. The molecular formula is C40H48ClN3O8S. The van der Waals surface area contributed by atoms with E-state index in [1.807, 2.05) is 25.1 Å². The van der Waals surface area contributed by atoms with E-state index >= 15 is 0 Å². The third-order valence-corrected chi connectivity index (χ3v) is 14.4. The Morgan fingerprint density at radius 1 is 1.15 bits per heavy atom. The van der Waals surface area contributed by atoms with Crippen molar-refractivity contribution in [3.63, 3.8) is 0 Å².